The maximum absolute atomic E-state index is 5.64. The van der Waals surface area contributed by atoms with E-state index in [1.807, 2.05) is 18.2 Å². The molecule has 1 saturated heterocycles. The lowest BCUT2D eigenvalue weighted by Crippen LogP contribution is -2.41. The molecule has 7 heteroatoms. The molecular weight excluding hydrogens is 447 g/mol. The number of rotatable bonds is 6. The van der Waals surface area contributed by atoms with Gasteiger partial charge in [-0.15, -0.1) is 35.3 Å². The van der Waals surface area contributed by atoms with Crippen molar-refractivity contribution in [3.05, 3.63) is 40.7 Å². The minimum atomic E-state index is 0. The van der Waals surface area contributed by atoms with E-state index in [9.17, 15) is 0 Å². The molecule has 1 aromatic heterocycles. The summed E-state index contributed by atoms with van der Waals surface area (Å²) in [5, 5.41) is 9.74. The van der Waals surface area contributed by atoms with Crippen LogP contribution in [0.4, 0.5) is 0 Å². The van der Waals surface area contributed by atoms with Gasteiger partial charge in [-0.3, -0.25) is 0 Å². The van der Waals surface area contributed by atoms with E-state index in [4.69, 9.17) is 4.74 Å². The summed E-state index contributed by atoms with van der Waals surface area (Å²) in [7, 11) is 0. The molecule has 5 nitrogen and oxygen atoms in total. The van der Waals surface area contributed by atoms with Crippen molar-refractivity contribution in [2.45, 2.75) is 32.4 Å². The molecule has 1 fully saturated rings. The van der Waals surface area contributed by atoms with Gasteiger partial charge in [0.15, 0.2) is 5.96 Å². The number of hydrogen-bond donors (Lipinski definition) is 2. The summed E-state index contributed by atoms with van der Waals surface area (Å²) < 4.78 is 5.64. The molecule has 0 saturated carbocycles. The molecule has 1 aliphatic rings. The second kappa shape index (κ2) is 10.7. The lowest BCUT2D eigenvalue weighted by atomic mass is 10.2. The van der Waals surface area contributed by atoms with Crippen molar-refractivity contribution < 1.29 is 4.74 Å². The average Bonchev–Trinajstić information content (AvgIpc) is 3.30. The fraction of sp³-hybridized carbons (Fsp3) is 0.444. The molecule has 136 valence electrons. The zero-order valence-electron chi connectivity index (χ0n) is 14.4. The predicted molar refractivity (Wildman–Crippen MR) is 115 cm³/mol. The number of nitrogens with zero attached hydrogens (tertiary/aromatic N) is 2. The number of guanidine groups is 1. The third-order valence-corrected chi connectivity index (χ3v) is 4.69. The van der Waals surface area contributed by atoms with Crippen molar-refractivity contribution in [1.82, 2.24) is 15.6 Å². The minimum Gasteiger partial charge on any atom is -0.376 e. The van der Waals surface area contributed by atoms with E-state index in [-0.39, 0.29) is 24.0 Å². The second-order valence-corrected chi connectivity index (χ2v) is 6.65. The molecule has 2 heterocycles. The van der Waals surface area contributed by atoms with Crippen LogP contribution in [0.15, 0.2) is 40.7 Å². The summed E-state index contributed by atoms with van der Waals surface area (Å²) in [6.07, 6.45) is 2.58. The van der Waals surface area contributed by atoms with Gasteiger partial charge in [0.25, 0.3) is 0 Å². The lowest BCUT2D eigenvalue weighted by Gasteiger charge is -2.14. The zero-order chi connectivity index (χ0) is 16.6. The number of benzene rings is 1. The standard InChI is InChI=1S/C18H24N4OS.HI/c1-2-19-18(20-11-15-9-6-10-23-15)21-12-17-22-16(13-24-17)14-7-4-3-5-8-14;/h3-5,7-8,13,15H,2,6,9-12H2,1H3,(H2,19,20,21);1H. The van der Waals surface area contributed by atoms with Crippen molar-refractivity contribution >= 4 is 41.3 Å². The molecule has 1 unspecified atom stereocenters. The van der Waals surface area contributed by atoms with Crippen LogP contribution in [-0.4, -0.2) is 36.7 Å². The van der Waals surface area contributed by atoms with Crippen molar-refractivity contribution in [3.63, 3.8) is 0 Å². The van der Waals surface area contributed by atoms with Gasteiger partial charge in [-0.25, -0.2) is 9.98 Å². The number of ether oxygens (including phenoxy) is 1. The minimum absolute atomic E-state index is 0. The monoisotopic (exact) mass is 472 g/mol. The molecule has 3 rings (SSSR count). The van der Waals surface area contributed by atoms with Crippen LogP contribution in [0.25, 0.3) is 11.3 Å². The largest absolute Gasteiger partial charge is 0.376 e. The van der Waals surface area contributed by atoms with Crippen LogP contribution >= 0.6 is 35.3 Å². The van der Waals surface area contributed by atoms with Gasteiger partial charge in [-0.2, -0.15) is 0 Å². The Morgan fingerprint density at radius 2 is 2.16 bits per heavy atom. The first kappa shape index (κ1) is 20.1. The molecule has 1 aliphatic heterocycles. The average molecular weight is 472 g/mol. The van der Waals surface area contributed by atoms with Crippen LogP contribution in [0.2, 0.25) is 0 Å². The van der Waals surface area contributed by atoms with Crippen LogP contribution in [0.1, 0.15) is 24.8 Å². The SMILES string of the molecule is CCNC(=NCc1nc(-c2ccccc2)cs1)NCC1CCCO1.I. The van der Waals surface area contributed by atoms with E-state index >= 15 is 0 Å². The summed E-state index contributed by atoms with van der Waals surface area (Å²) in [4.78, 5) is 9.32. The molecule has 0 aliphatic carbocycles. The Morgan fingerprint density at radius 1 is 1.32 bits per heavy atom. The third kappa shape index (κ3) is 6.23. The number of nitrogens with one attached hydrogen (secondary N) is 2. The van der Waals surface area contributed by atoms with E-state index in [1.165, 1.54) is 0 Å². The van der Waals surface area contributed by atoms with Gasteiger partial charge in [-0.05, 0) is 19.8 Å². The lowest BCUT2D eigenvalue weighted by molar-refractivity contribution is 0.114. The van der Waals surface area contributed by atoms with Gasteiger partial charge in [0, 0.05) is 30.6 Å². The molecule has 1 aromatic carbocycles. The van der Waals surface area contributed by atoms with Crippen molar-refractivity contribution in [2.75, 3.05) is 19.7 Å². The van der Waals surface area contributed by atoms with Crippen LogP contribution in [0.5, 0.6) is 0 Å². The molecule has 25 heavy (non-hydrogen) atoms. The van der Waals surface area contributed by atoms with Gasteiger partial charge < -0.3 is 15.4 Å². The quantitative estimate of drug-likeness (QED) is 0.383. The first-order valence-corrected chi connectivity index (χ1v) is 9.36. The van der Waals surface area contributed by atoms with Crippen LogP contribution < -0.4 is 10.6 Å². The number of hydrogen-bond acceptors (Lipinski definition) is 4. The Bertz CT molecular complexity index is 656. The van der Waals surface area contributed by atoms with Gasteiger partial charge in [0.2, 0.25) is 0 Å². The number of thiazole rings is 1. The van der Waals surface area contributed by atoms with Crippen molar-refractivity contribution in [3.8, 4) is 11.3 Å². The molecule has 0 radical (unpaired) electrons. The smallest absolute Gasteiger partial charge is 0.191 e. The fourth-order valence-electron chi connectivity index (χ4n) is 2.63. The third-order valence-electron chi connectivity index (χ3n) is 3.86. The number of halogens is 1. The van der Waals surface area contributed by atoms with Gasteiger partial charge in [0.1, 0.15) is 5.01 Å². The topological polar surface area (TPSA) is 58.5 Å². The Morgan fingerprint density at radius 3 is 2.88 bits per heavy atom. The van der Waals surface area contributed by atoms with E-state index in [0.717, 1.165) is 54.8 Å². The summed E-state index contributed by atoms with van der Waals surface area (Å²) in [5.41, 5.74) is 2.16. The molecule has 0 amide bonds. The van der Waals surface area contributed by atoms with Crippen molar-refractivity contribution in [2.24, 2.45) is 4.99 Å². The van der Waals surface area contributed by atoms with Gasteiger partial charge in [0.05, 0.1) is 18.3 Å². The summed E-state index contributed by atoms with van der Waals surface area (Å²) in [5.74, 6) is 0.824. The number of aromatic nitrogens is 1. The van der Waals surface area contributed by atoms with Crippen molar-refractivity contribution in [1.29, 1.82) is 0 Å². The van der Waals surface area contributed by atoms with Crippen LogP contribution in [-0.2, 0) is 11.3 Å². The van der Waals surface area contributed by atoms with Crippen LogP contribution in [0, 0.1) is 0 Å². The maximum atomic E-state index is 5.64. The molecule has 2 N–H and O–H groups in total. The molecule has 2 aromatic rings. The Labute approximate surface area is 170 Å². The summed E-state index contributed by atoms with van der Waals surface area (Å²) in [6.45, 7) is 5.17. The Hall–Kier alpha value is -1.19. The molecule has 1 atom stereocenters. The molecule has 0 spiro atoms. The fourth-order valence-corrected chi connectivity index (χ4v) is 3.36. The van der Waals surface area contributed by atoms with Gasteiger partial charge in [-0.1, -0.05) is 30.3 Å². The highest BCUT2D eigenvalue weighted by Gasteiger charge is 2.15. The van der Waals surface area contributed by atoms with E-state index < -0.39 is 0 Å². The predicted octanol–water partition coefficient (Wildman–Crippen LogP) is 3.66. The van der Waals surface area contributed by atoms with Gasteiger partial charge >= 0.3 is 0 Å². The first-order valence-electron chi connectivity index (χ1n) is 8.48. The van der Waals surface area contributed by atoms with Crippen LogP contribution in [0.3, 0.4) is 0 Å². The number of aliphatic imine (C=N–C) groups is 1. The van der Waals surface area contributed by atoms with E-state index in [0.29, 0.717) is 12.6 Å². The zero-order valence-corrected chi connectivity index (χ0v) is 17.6. The highest BCUT2D eigenvalue weighted by atomic mass is 127. The Kier molecular flexibility index (Phi) is 8.63. The van der Waals surface area contributed by atoms with E-state index in [2.05, 4.69) is 45.0 Å². The second-order valence-electron chi connectivity index (χ2n) is 5.70. The first-order chi connectivity index (χ1) is 11.8. The molecule has 0 bridgehead atoms. The normalized spacial score (nSPS) is 17.2. The summed E-state index contributed by atoms with van der Waals surface area (Å²) >= 11 is 1.65. The van der Waals surface area contributed by atoms with E-state index in [1.54, 1.807) is 11.3 Å². The maximum Gasteiger partial charge on any atom is 0.191 e. The highest BCUT2D eigenvalue weighted by molar-refractivity contribution is 14.0. The Balaban J connectivity index is 0.00000225. The highest BCUT2D eigenvalue weighted by Crippen LogP contribution is 2.21. The molecular formula is C18H25IN4OS. The summed E-state index contributed by atoms with van der Waals surface area (Å²) in [6, 6.07) is 10.2.